The van der Waals surface area contributed by atoms with E-state index >= 15 is 0 Å². The summed E-state index contributed by atoms with van der Waals surface area (Å²) in [5.74, 6) is 0. The largest absolute Gasteiger partial charge is 0.318 e. The van der Waals surface area contributed by atoms with E-state index in [4.69, 9.17) is 0 Å². The average molecular weight is 215 g/mol. The predicted molar refractivity (Wildman–Crippen MR) is 66.3 cm³/mol. The lowest BCUT2D eigenvalue weighted by Gasteiger charge is -2.10. The first-order valence-electron chi connectivity index (χ1n) is 5.55. The number of nitrogens with zero attached hydrogens (tertiary/aromatic N) is 2. The van der Waals surface area contributed by atoms with Gasteiger partial charge < -0.3 is 5.32 Å². The zero-order chi connectivity index (χ0) is 11.4. The molecule has 0 saturated carbocycles. The third kappa shape index (κ3) is 2.31. The lowest BCUT2D eigenvalue weighted by molar-refractivity contribution is 0.471. The molecule has 0 amide bonds. The Bertz CT molecular complexity index is 433. The van der Waals surface area contributed by atoms with Crippen LogP contribution in [0.2, 0.25) is 0 Å². The van der Waals surface area contributed by atoms with E-state index in [-0.39, 0.29) is 0 Å². The highest BCUT2D eigenvalue weighted by atomic mass is 15.3. The zero-order valence-corrected chi connectivity index (χ0v) is 9.72. The van der Waals surface area contributed by atoms with Crippen LogP contribution in [0.4, 0.5) is 0 Å². The summed E-state index contributed by atoms with van der Waals surface area (Å²) in [6.45, 7) is 3.08. The molecule has 1 heterocycles. The summed E-state index contributed by atoms with van der Waals surface area (Å²) in [5.41, 5.74) is 2.38. The molecule has 84 valence electrons. The molecule has 0 saturated heterocycles. The standard InChI is InChI=1S/C13H17N3/c1-11(8-14-2)16-10-13(9-15-16)12-6-4-3-5-7-12/h3-7,9-11,14H,8H2,1-2H3. The summed E-state index contributed by atoms with van der Waals surface area (Å²) >= 11 is 0. The molecule has 1 unspecified atom stereocenters. The van der Waals surface area contributed by atoms with E-state index in [0.717, 1.165) is 6.54 Å². The number of hydrogen-bond acceptors (Lipinski definition) is 2. The fourth-order valence-electron chi connectivity index (χ4n) is 1.75. The first-order chi connectivity index (χ1) is 7.81. The molecule has 0 aliphatic carbocycles. The minimum Gasteiger partial charge on any atom is -0.318 e. The van der Waals surface area contributed by atoms with E-state index in [2.05, 4.69) is 35.7 Å². The molecule has 1 aromatic heterocycles. The van der Waals surface area contributed by atoms with Crippen LogP contribution >= 0.6 is 0 Å². The van der Waals surface area contributed by atoms with E-state index < -0.39 is 0 Å². The normalized spacial score (nSPS) is 12.6. The molecule has 0 aliphatic heterocycles. The Morgan fingerprint density at radius 3 is 2.69 bits per heavy atom. The van der Waals surface area contributed by atoms with E-state index in [0.29, 0.717) is 6.04 Å². The van der Waals surface area contributed by atoms with Crippen LogP contribution in [0.3, 0.4) is 0 Å². The molecule has 2 rings (SSSR count). The number of benzene rings is 1. The highest BCUT2D eigenvalue weighted by Crippen LogP contribution is 2.18. The van der Waals surface area contributed by atoms with Crippen LogP contribution in [0.5, 0.6) is 0 Å². The second-order valence-electron chi connectivity index (χ2n) is 3.98. The summed E-state index contributed by atoms with van der Waals surface area (Å²) in [6, 6.07) is 10.7. The molecule has 0 fully saturated rings. The van der Waals surface area contributed by atoms with Crippen molar-refractivity contribution in [2.45, 2.75) is 13.0 Å². The first kappa shape index (κ1) is 10.9. The summed E-state index contributed by atoms with van der Waals surface area (Å²) in [5, 5.41) is 7.54. The zero-order valence-electron chi connectivity index (χ0n) is 9.72. The van der Waals surface area contributed by atoms with Crippen molar-refractivity contribution < 1.29 is 0 Å². The smallest absolute Gasteiger partial charge is 0.0615 e. The third-order valence-electron chi connectivity index (χ3n) is 2.66. The highest BCUT2D eigenvalue weighted by Gasteiger charge is 2.06. The van der Waals surface area contributed by atoms with Crippen molar-refractivity contribution in [3.05, 3.63) is 42.7 Å². The molecular formula is C13H17N3. The van der Waals surface area contributed by atoms with Gasteiger partial charge in [-0.1, -0.05) is 30.3 Å². The summed E-state index contributed by atoms with van der Waals surface area (Å²) < 4.78 is 2.00. The van der Waals surface area contributed by atoms with E-state index in [1.807, 2.05) is 36.1 Å². The molecule has 3 heteroatoms. The Labute approximate surface area is 96.1 Å². The van der Waals surface area contributed by atoms with Crippen molar-refractivity contribution in [2.24, 2.45) is 0 Å². The lowest BCUT2D eigenvalue weighted by atomic mass is 10.1. The van der Waals surface area contributed by atoms with Crippen LogP contribution in [-0.2, 0) is 0 Å². The second-order valence-corrected chi connectivity index (χ2v) is 3.98. The number of aromatic nitrogens is 2. The summed E-state index contributed by atoms with van der Waals surface area (Å²) in [6.07, 6.45) is 4.01. The Morgan fingerprint density at radius 2 is 2.00 bits per heavy atom. The molecule has 1 aromatic carbocycles. The Balaban J connectivity index is 2.20. The van der Waals surface area contributed by atoms with Crippen molar-refractivity contribution in [3.63, 3.8) is 0 Å². The van der Waals surface area contributed by atoms with Gasteiger partial charge in [-0.3, -0.25) is 4.68 Å². The van der Waals surface area contributed by atoms with Gasteiger partial charge in [0, 0.05) is 18.3 Å². The molecule has 1 N–H and O–H groups in total. The molecule has 16 heavy (non-hydrogen) atoms. The molecule has 0 bridgehead atoms. The maximum absolute atomic E-state index is 4.39. The van der Waals surface area contributed by atoms with Crippen LogP contribution < -0.4 is 5.32 Å². The number of hydrogen-bond donors (Lipinski definition) is 1. The van der Waals surface area contributed by atoms with Crippen LogP contribution in [0.15, 0.2) is 42.7 Å². The van der Waals surface area contributed by atoms with Crippen molar-refractivity contribution in [1.29, 1.82) is 0 Å². The van der Waals surface area contributed by atoms with Crippen LogP contribution in [0.25, 0.3) is 11.1 Å². The van der Waals surface area contributed by atoms with Gasteiger partial charge in [0.15, 0.2) is 0 Å². The summed E-state index contributed by atoms with van der Waals surface area (Å²) in [4.78, 5) is 0. The maximum atomic E-state index is 4.39. The molecule has 0 aliphatic rings. The molecular weight excluding hydrogens is 198 g/mol. The van der Waals surface area contributed by atoms with Crippen LogP contribution in [-0.4, -0.2) is 23.4 Å². The average Bonchev–Trinajstić information content (AvgIpc) is 2.80. The van der Waals surface area contributed by atoms with Crippen molar-refractivity contribution in [3.8, 4) is 11.1 Å². The molecule has 3 nitrogen and oxygen atoms in total. The third-order valence-corrected chi connectivity index (χ3v) is 2.66. The second kappa shape index (κ2) is 4.94. The van der Waals surface area contributed by atoms with E-state index in [1.54, 1.807) is 0 Å². The van der Waals surface area contributed by atoms with Gasteiger partial charge in [0.2, 0.25) is 0 Å². The van der Waals surface area contributed by atoms with E-state index in [1.165, 1.54) is 11.1 Å². The predicted octanol–water partition coefficient (Wildman–Crippen LogP) is 2.33. The molecule has 0 spiro atoms. The van der Waals surface area contributed by atoms with Crippen LogP contribution in [0, 0.1) is 0 Å². The Kier molecular flexibility index (Phi) is 3.37. The van der Waals surface area contributed by atoms with Crippen molar-refractivity contribution in [1.82, 2.24) is 15.1 Å². The Hall–Kier alpha value is -1.61. The first-order valence-corrected chi connectivity index (χ1v) is 5.55. The van der Waals surface area contributed by atoms with Crippen molar-refractivity contribution in [2.75, 3.05) is 13.6 Å². The van der Waals surface area contributed by atoms with Gasteiger partial charge in [0.25, 0.3) is 0 Å². The lowest BCUT2D eigenvalue weighted by Crippen LogP contribution is -2.20. The van der Waals surface area contributed by atoms with Crippen molar-refractivity contribution >= 4 is 0 Å². The van der Waals surface area contributed by atoms with Gasteiger partial charge in [0.1, 0.15) is 0 Å². The number of rotatable bonds is 4. The highest BCUT2D eigenvalue weighted by molar-refractivity contribution is 5.61. The quantitative estimate of drug-likeness (QED) is 0.848. The van der Waals surface area contributed by atoms with Gasteiger partial charge in [-0.05, 0) is 19.5 Å². The van der Waals surface area contributed by atoms with Gasteiger partial charge in [0.05, 0.1) is 12.2 Å². The fourth-order valence-corrected chi connectivity index (χ4v) is 1.75. The SMILES string of the molecule is CNCC(C)n1cc(-c2ccccc2)cn1. The minimum atomic E-state index is 0.377. The number of nitrogens with one attached hydrogen (secondary N) is 1. The van der Waals surface area contributed by atoms with Gasteiger partial charge in [-0.25, -0.2) is 0 Å². The fraction of sp³-hybridized carbons (Fsp3) is 0.308. The molecule has 2 aromatic rings. The minimum absolute atomic E-state index is 0.377. The van der Waals surface area contributed by atoms with Gasteiger partial charge in [-0.2, -0.15) is 5.10 Å². The maximum Gasteiger partial charge on any atom is 0.0615 e. The summed E-state index contributed by atoms with van der Waals surface area (Å²) in [7, 11) is 1.96. The monoisotopic (exact) mass is 215 g/mol. The number of likely N-dealkylation sites (N-methyl/N-ethyl adjacent to an activating group) is 1. The van der Waals surface area contributed by atoms with Gasteiger partial charge in [-0.15, -0.1) is 0 Å². The van der Waals surface area contributed by atoms with E-state index in [9.17, 15) is 0 Å². The van der Waals surface area contributed by atoms with Crippen LogP contribution in [0.1, 0.15) is 13.0 Å². The molecule has 0 radical (unpaired) electrons. The molecule has 1 atom stereocenters. The van der Waals surface area contributed by atoms with Gasteiger partial charge >= 0.3 is 0 Å². The Morgan fingerprint density at radius 1 is 1.25 bits per heavy atom. The topological polar surface area (TPSA) is 29.9 Å².